The fourth-order valence-electron chi connectivity index (χ4n) is 3.52. The third-order valence-electron chi connectivity index (χ3n) is 5.10. The Bertz CT molecular complexity index is 1170. The topological polar surface area (TPSA) is 95.3 Å². The SMILES string of the molecule is COC(=O)C1=C(C)Nc2nc(SCc3ccccc3)nn2C1c1ccc(C(=O)OC)cc1. The average molecular weight is 451 g/mol. The molecule has 0 aliphatic carbocycles. The van der Waals surface area contributed by atoms with Gasteiger partial charge in [-0.05, 0) is 30.2 Å². The molecule has 32 heavy (non-hydrogen) atoms. The highest BCUT2D eigenvalue weighted by molar-refractivity contribution is 7.98. The number of esters is 2. The molecule has 0 spiro atoms. The molecule has 0 fully saturated rings. The van der Waals surface area contributed by atoms with E-state index < -0.39 is 18.0 Å². The predicted molar refractivity (Wildman–Crippen MR) is 120 cm³/mol. The van der Waals surface area contributed by atoms with Crippen LogP contribution >= 0.6 is 11.8 Å². The van der Waals surface area contributed by atoms with Gasteiger partial charge in [0.05, 0.1) is 25.4 Å². The summed E-state index contributed by atoms with van der Waals surface area (Å²) >= 11 is 1.51. The highest BCUT2D eigenvalue weighted by Gasteiger charge is 2.35. The zero-order chi connectivity index (χ0) is 22.7. The van der Waals surface area contributed by atoms with Crippen LogP contribution in [0.5, 0.6) is 0 Å². The summed E-state index contributed by atoms with van der Waals surface area (Å²) in [6, 6.07) is 16.4. The number of ether oxygens (including phenoxy) is 2. The highest BCUT2D eigenvalue weighted by Crippen LogP contribution is 2.37. The van der Waals surface area contributed by atoms with Crippen molar-refractivity contribution in [1.29, 1.82) is 0 Å². The second-order valence-corrected chi connectivity index (χ2v) is 8.05. The number of hydrogen-bond donors (Lipinski definition) is 1. The second-order valence-electron chi connectivity index (χ2n) is 7.11. The first-order valence-electron chi connectivity index (χ1n) is 9.89. The van der Waals surface area contributed by atoms with Crippen molar-refractivity contribution < 1.29 is 19.1 Å². The van der Waals surface area contributed by atoms with Crippen molar-refractivity contribution in [3.63, 3.8) is 0 Å². The maximum atomic E-state index is 12.6. The van der Waals surface area contributed by atoms with Crippen molar-refractivity contribution in [3.8, 4) is 0 Å². The molecule has 1 unspecified atom stereocenters. The minimum Gasteiger partial charge on any atom is -0.466 e. The lowest BCUT2D eigenvalue weighted by Crippen LogP contribution is -2.29. The summed E-state index contributed by atoms with van der Waals surface area (Å²) in [7, 11) is 2.68. The molecule has 0 bridgehead atoms. The molecule has 0 amide bonds. The fourth-order valence-corrected chi connectivity index (χ4v) is 4.30. The molecule has 4 rings (SSSR count). The number of carbonyl (C=O) groups excluding carboxylic acids is 2. The number of hydrogen-bond acceptors (Lipinski definition) is 8. The van der Waals surface area contributed by atoms with Gasteiger partial charge in [-0.15, -0.1) is 5.10 Å². The van der Waals surface area contributed by atoms with E-state index >= 15 is 0 Å². The first kappa shape index (κ1) is 21.6. The van der Waals surface area contributed by atoms with E-state index in [4.69, 9.17) is 9.47 Å². The van der Waals surface area contributed by atoms with Gasteiger partial charge < -0.3 is 14.8 Å². The van der Waals surface area contributed by atoms with Gasteiger partial charge in [0.2, 0.25) is 11.1 Å². The van der Waals surface area contributed by atoms with E-state index in [1.807, 2.05) is 30.3 Å². The second kappa shape index (κ2) is 9.27. The monoisotopic (exact) mass is 450 g/mol. The van der Waals surface area contributed by atoms with Crippen molar-refractivity contribution in [1.82, 2.24) is 14.8 Å². The molecule has 1 aliphatic heterocycles. The lowest BCUT2D eigenvalue weighted by molar-refractivity contribution is -0.136. The van der Waals surface area contributed by atoms with Gasteiger partial charge in [-0.1, -0.05) is 54.2 Å². The van der Waals surface area contributed by atoms with E-state index in [1.165, 1.54) is 26.0 Å². The number of nitrogens with zero attached hydrogens (tertiary/aromatic N) is 3. The number of fused-ring (bicyclic) bond motifs is 1. The van der Waals surface area contributed by atoms with Crippen LogP contribution in [-0.4, -0.2) is 40.9 Å². The number of allylic oxidation sites excluding steroid dienone is 1. The van der Waals surface area contributed by atoms with Crippen LogP contribution in [0.1, 0.15) is 34.5 Å². The number of carbonyl (C=O) groups is 2. The van der Waals surface area contributed by atoms with Crippen molar-refractivity contribution >= 4 is 29.6 Å². The third kappa shape index (κ3) is 4.24. The third-order valence-corrected chi connectivity index (χ3v) is 6.01. The number of thioether (sulfide) groups is 1. The molecular weight excluding hydrogens is 428 g/mol. The zero-order valence-electron chi connectivity index (χ0n) is 17.9. The predicted octanol–water partition coefficient (Wildman–Crippen LogP) is 3.82. The van der Waals surface area contributed by atoms with Crippen LogP contribution in [0.15, 0.2) is 71.0 Å². The van der Waals surface area contributed by atoms with Crippen LogP contribution in [0.25, 0.3) is 0 Å². The van der Waals surface area contributed by atoms with Gasteiger partial charge in [-0.2, -0.15) is 4.98 Å². The largest absolute Gasteiger partial charge is 0.466 e. The maximum absolute atomic E-state index is 12.6. The Hall–Kier alpha value is -3.59. The van der Waals surface area contributed by atoms with E-state index in [0.717, 1.165) is 16.9 Å². The van der Waals surface area contributed by atoms with Crippen LogP contribution in [0.2, 0.25) is 0 Å². The van der Waals surface area contributed by atoms with Gasteiger partial charge in [-0.25, -0.2) is 14.3 Å². The standard InChI is InChI=1S/C23H22N4O4S/c1-14-18(21(29)31-3)19(16-9-11-17(12-10-16)20(28)30-2)27-22(24-14)25-23(26-27)32-13-15-7-5-4-6-8-15/h4-12,19H,13H2,1-3H3,(H,24,25,26). The Morgan fingerprint density at radius 1 is 1.03 bits per heavy atom. The number of methoxy groups -OCH3 is 2. The lowest BCUT2D eigenvalue weighted by atomic mass is 9.95. The minimum atomic E-state index is -0.552. The van der Waals surface area contributed by atoms with Gasteiger partial charge in [0, 0.05) is 11.4 Å². The quantitative estimate of drug-likeness (QED) is 0.447. The molecule has 1 N–H and O–H groups in total. The molecule has 3 aromatic rings. The smallest absolute Gasteiger partial charge is 0.338 e. The Kier molecular flexibility index (Phi) is 6.27. The molecule has 2 aromatic carbocycles. The van der Waals surface area contributed by atoms with Crippen molar-refractivity contribution in [2.75, 3.05) is 19.5 Å². The first-order valence-corrected chi connectivity index (χ1v) is 10.9. The molecule has 1 atom stereocenters. The lowest BCUT2D eigenvalue weighted by Gasteiger charge is -2.27. The zero-order valence-corrected chi connectivity index (χ0v) is 18.7. The van der Waals surface area contributed by atoms with Crippen molar-refractivity contribution in [3.05, 3.63) is 82.6 Å². The van der Waals surface area contributed by atoms with Gasteiger partial charge in [0.25, 0.3) is 0 Å². The molecule has 164 valence electrons. The summed E-state index contributed by atoms with van der Waals surface area (Å²) in [5.74, 6) is 0.367. The molecule has 0 saturated heterocycles. The molecule has 0 radical (unpaired) electrons. The Morgan fingerprint density at radius 2 is 1.72 bits per heavy atom. The number of aromatic nitrogens is 3. The van der Waals surface area contributed by atoms with Crippen LogP contribution in [0.3, 0.4) is 0 Å². The number of benzene rings is 2. The number of nitrogens with one attached hydrogen (secondary N) is 1. The van der Waals surface area contributed by atoms with Gasteiger partial charge >= 0.3 is 11.9 Å². The molecular formula is C23H22N4O4S. The summed E-state index contributed by atoms with van der Waals surface area (Å²) in [6.07, 6.45) is 0. The molecule has 2 heterocycles. The van der Waals surface area contributed by atoms with E-state index in [0.29, 0.717) is 27.9 Å². The Balaban J connectivity index is 1.70. The van der Waals surface area contributed by atoms with Crippen LogP contribution in [-0.2, 0) is 20.0 Å². The van der Waals surface area contributed by atoms with E-state index in [-0.39, 0.29) is 0 Å². The fraction of sp³-hybridized carbons (Fsp3) is 0.217. The minimum absolute atomic E-state index is 0.420. The highest BCUT2D eigenvalue weighted by atomic mass is 32.2. The van der Waals surface area contributed by atoms with Crippen molar-refractivity contribution in [2.24, 2.45) is 0 Å². The van der Waals surface area contributed by atoms with E-state index in [9.17, 15) is 9.59 Å². The number of anilines is 1. The summed E-state index contributed by atoms with van der Waals surface area (Å²) in [4.78, 5) is 29.1. The van der Waals surface area contributed by atoms with Crippen LogP contribution < -0.4 is 5.32 Å². The van der Waals surface area contributed by atoms with E-state index in [2.05, 4.69) is 15.4 Å². The molecule has 0 saturated carbocycles. The normalized spacial score (nSPS) is 15.0. The average Bonchev–Trinajstić information content (AvgIpc) is 3.24. The summed E-state index contributed by atoms with van der Waals surface area (Å²) in [5.41, 5.74) is 3.42. The van der Waals surface area contributed by atoms with Gasteiger partial charge in [-0.3, -0.25) is 0 Å². The number of rotatable bonds is 6. The molecule has 9 heteroatoms. The van der Waals surface area contributed by atoms with Crippen molar-refractivity contribution in [2.45, 2.75) is 23.9 Å². The van der Waals surface area contributed by atoms with Crippen LogP contribution in [0.4, 0.5) is 5.95 Å². The first-order chi connectivity index (χ1) is 15.5. The molecule has 1 aromatic heterocycles. The summed E-state index contributed by atoms with van der Waals surface area (Å²) in [5, 5.41) is 8.42. The van der Waals surface area contributed by atoms with Crippen LogP contribution in [0, 0.1) is 0 Å². The van der Waals surface area contributed by atoms with E-state index in [1.54, 1.807) is 35.9 Å². The summed E-state index contributed by atoms with van der Waals surface area (Å²) < 4.78 is 11.5. The summed E-state index contributed by atoms with van der Waals surface area (Å²) in [6.45, 7) is 1.80. The maximum Gasteiger partial charge on any atom is 0.338 e. The van der Waals surface area contributed by atoms with Gasteiger partial charge in [0.1, 0.15) is 6.04 Å². The molecule has 1 aliphatic rings. The van der Waals surface area contributed by atoms with Gasteiger partial charge in [0.15, 0.2) is 0 Å². The molecule has 8 nitrogen and oxygen atoms in total. The Labute approximate surface area is 189 Å². The Morgan fingerprint density at radius 3 is 2.38 bits per heavy atom.